The lowest BCUT2D eigenvalue weighted by molar-refractivity contribution is -0.120. The van der Waals surface area contributed by atoms with Crippen LogP contribution in [-0.2, 0) is 11.2 Å². The molecule has 1 amide bonds. The van der Waals surface area contributed by atoms with Gasteiger partial charge in [-0.2, -0.15) is 0 Å². The van der Waals surface area contributed by atoms with E-state index >= 15 is 0 Å². The number of nitrogens with one attached hydrogen (secondary N) is 1. The summed E-state index contributed by atoms with van der Waals surface area (Å²) in [6, 6.07) is 18.6. The fraction of sp³-hybridized carbons (Fsp3) is 0.350. The molecular formula is C20H24N2O. The van der Waals surface area contributed by atoms with E-state index < -0.39 is 0 Å². The van der Waals surface area contributed by atoms with Gasteiger partial charge in [-0.3, -0.25) is 10.1 Å². The first-order valence-corrected chi connectivity index (χ1v) is 8.30. The van der Waals surface area contributed by atoms with Crippen molar-refractivity contribution in [3.05, 3.63) is 65.7 Å². The largest absolute Gasteiger partial charge is 0.308 e. The van der Waals surface area contributed by atoms with E-state index in [1.165, 1.54) is 11.1 Å². The van der Waals surface area contributed by atoms with Gasteiger partial charge >= 0.3 is 0 Å². The minimum Gasteiger partial charge on any atom is -0.308 e. The van der Waals surface area contributed by atoms with Gasteiger partial charge in [-0.25, -0.2) is 0 Å². The zero-order valence-corrected chi connectivity index (χ0v) is 14.0. The highest BCUT2D eigenvalue weighted by atomic mass is 16.2. The van der Waals surface area contributed by atoms with Crippen molar-refractivity contribution in [3.8, 4) is 0 Å². The van der Waals surface area contributed by atoms with Gasteiger partial charge in [-0.1, -0.05) is 48.5 Å². The molecule has 0 spiro atoms. The molecule has 0 saturated carbocycles. The standard InChI is InChI=1S/C20H24N2O/c1-14-13-18-11-7-8-12-19(18)22(14)20(23)16(3)21-15(2)17-9-5-4-6-10-17/h4-12,14-16,21H,13H2,1-3H3/t14-,15+,16-/m1/s1. The molecule has 3 heteroatoms. The monoisotopic (exact) mass is 308 g/mol. The van der Waals surface area contributed by atoms with Gasteiger partial charge in [0.2, 0.25) is 5.91 Å². The normalized spacial score (nSPS) is 19.3. The highest BCUT2D eigenvalue weighted by molar-refractivity contribution is 5.99. The van der Waals surface area contributed by atoms with E-state index in [9.17, 15) is 4.79 Å². The summed E-state index contributed by atoms with van der Waals surface area (Å²) < 4.78 is 0. The second kappa shape index (κ2) is 6.55. The quantitative estimate of drug-likeness (QED) is 0.934. The number of carbonyl (C=O) groups is 1. The predicted octanol–water partition coefficient (Wildman–Crippen LogP) is 3.70. The third-order valence-electron chi connectivity index (χ3n) is 4.61. The van der Waals surface area contributed by atoms with Gasteiger partial charge in [0.15, 0.2) is 0 Å². The van der Waals surface area contributed by atoms with Gasteiger partial charge in [0.05, 0.1) is 6.04 Å². The molecule has 2 aromatic rings. The Bertz CT molecular complexity index is 683. The highest BCUT2D eigenvalue weighted by Crippen LogP contribution is 2.32. The zero-order chi connectivity index (χ0) is 16.4. The third-order valence-corrected chi connectivity index (χ3v) is 4.61. The lowest BCUT2D eigenvalue weighted by Crippen LogP contribution is -2.47. The van der Waals surface area contributed by atoms with E-state index in [-0.39, 0.29) is 24.0 Å². The number of fused-ring (bicyclic) bond motifs is 1. The van der Waals surface area contributed by atoms with Crippen LogP contribution >= 0.6 is 0 Å². The Kier molecular flexibility index (Phi) is 4.49. The summed E-state index contributed by atoms with van der Waals surface area (Å²) in [6.45, 7) is 6.17. The first kappa shape index (κ1) is 15.8. The fourth-order valence-electron chi connectivity index (χ4n) is 3.39. The van der Waals surface area contributed by atoms with Crippen LogP contribution in [0.4, 0.5) is 5.69 Å². The maximum atomic E-state index is 12.9. The number of benzene rings is 2. The van der Waals surface area contributed by atoms with Crippen molar-refractivity contribution in [2.75, 3.05) is 4.90 Å². The van der Waals surface area contributed by atoms with E-state index in [4.69, 9.17) is 0 Å². The molecule has 0 aromatic heterocycles. The lowest BCUT2D eigenvalue weighted by Gasteiger charge is -2.28. The van der Waals surface area contributed by atoms with Crippen LogP contribution in [0.5, 0.6) is 0 Å². The molecule has 1 aliphatic heterocycles. The molecule has 0 aliphatic carbocycles. The number of para-hydroxylation sites is 1. The van der Waals surface area contributed by atoms with Gasteiger partial charge in [0, 0.05) is 17.8 Å². The van der Waals surface area contributed by atoms with Crippen LogP contribution in [0.3, 0.4) is 0 Å². The number of anilines is 1. The first-order chi connectivity index (χ1) is 11.1. The van der Waals surface area contributed by atoms with Crippen molar-refractivity contribution in [3.63, 3.8) is 0 Å². The van der Waals surface area contributed by atoms with Gasteiger partial charge in [0.25, 0.3) is 0 Å². The van der Waals surface area contributed by atoms with Crippen molar-refractivity contribution < 1.29 is 4.79 Å². The van der Waals surface area contributed by atoms with Crippen molar-refractivity contribution in [1.29, 1.82) is 0 Å². The number of hydrogen-bond acceptors (Lipinski definition) is 2. The molecule has 120 valence electrons. The Labute approximate surface area is 138 Å². The second-order valence-electron chi connectivity index (χ2n) is 6.41. The summed E-state index contributed by atoms with van der Waals surface area (Å²) in [5.74, 6) is 0.144. The molecule has 0 unspecified atom stereocenters. The average molecular weight is 308 g/mol. The molecular weight excluding hydrogens is 284 g/mol. The number of amides is 1. The maximum absolute atomic E-state index is 12.9. The molecule has 3 nitrogen and oxygen atoms in total. The molecule has 0 radical (unpaired) electrons. The van der Waals surface area contributed by atoms with Crippen LogP contribution in [0.25, 0.3) is 0 Å². The average Bonchev–Trinajstić information content (AvgIpc) is 2.90. The molecule has 3 atom stereocenters. The SMILES string of the molecule is C[C@H](N[C@H](C)C(=O)N1c2ccccc2C[C@H]1C)c1ccccc1. The molecule has 0 fully saturated rings. The summed E-state index contributed by atoms with van der Waals surface area (Å²) >= 11 is 0. The van der Waals surface area contributed by atoms with Crippen molar-refractivity contribution in [2.45, 2.75) is 45.3 Å². The van der Waals surface area contributed by atoms with Crippen LogP contribution in [0, 0.1) is 0 Å². The topological polar surface area (TPSA) is 32.3 Å². The van der Waals surface area contributed by atoms with Crippen LogP contribution in [0.2, 0.25) is 0 Å². The van der Waals surface area contributed by atoms with E-state index in [0.717, 1.165) is 12.1 Å². The van der Waals surface area contributed by atoms with Crippen molar-refractivity contribution in [2.24, 2.45) is 0 Å². The molecule has 2 aromatic carbocycles. The Morgan fingerprint density at radius 1 is 1.09 bits per heavy atom. The summed E-state index contributed by atoms with van der Waals surface area (Å²) in [6.07, 6.45) is 0.933. The fourth-order valence-corrected chi connectivity index (χ4v) is 3.39. The molecule has 1 heterocycles. The maximum Gasteiger partial charge on any atom is 0.244 e. The smallest absolute Gasteiger partial charge is 0.244 e. The number of carbonyl (C=O) groups excluding carboxylic acids is 1. The Balaban J connectivity index is 1.73. The summed E-state index contributed by atoms with van der Waals surface area (Å²) in [7, 11) is 0. The van der Waals surface area contributed by atoms with Crippen LogP contribution in [-0.4, -0.2) is 18.0 Å². The minimum absolute atomic E-state index is 0.142. The zero-order valence-electron chi connectivity index (χ0n) is 14.0. The van der Waals surface area contributed by atoms with Gasteiger partial charge in [-0.05, 0) is 44.4 Å². The van der Waals surface area contributed by atoms with Gasteiger partial charge in [-0.15, -0.1) is 0 Å². The van der Waals surface area contributed by atoms with E-state index in [1.807, 2.05) is 48.2 Å². The number of nitrogens with zero attached hydrogens (tertiary/aromatic N) is 1. The van der Waals surface area contributed by atoms with E-state index in [2.05, 4.69) is 37.4 Å². The van der Waals surface area contributed by atoms with Gasteiger partial charge in [0.1, 0.15) is 0 Å². The molecule has 0 bridgehead atoms. The number of hydrogen-bond donors (Lipinski definition) is 1. The molecule has 23 heavy (non-hydrogen) atoms. The molecule has 0 saturated heterocycles. The predicted molar refractivity (Wildman–Crippen MR) is 94.5 cm³/mol. The Hall–Kier alpha value is -2.13. The van der Waals surface area contributed by atoms with Gasteiger partial charge < -0.3 is 4.90 Å². The van der Waals surface area contributed by atoms with E-state index in [1.54, 1.807) is 0 Å². The second-order valence-corrected chi connectivity index (χ2v) is 6.41. The lowest BCUT2D eigenvalue weighted by atomic mass is 10.1. The van der Waals surface area contributed by atoms with Crippen LogP contribution < -0.4 is 10.2 Å². The number of rotatable bonds is 4. The first-order valence-electron chi connectivity index (χ1n) is 8.30. The van der Waals surface area contributed by atoms with Crippen molar-refractivity contribution in [1.82, 2.24) is 5.32 Å². The highest BCUT2D eigenvalue weighted by Gasteiger charge is 2.33. The third kappa shape index (κ3) is 3.15. The molecule has 1 aliphatic rings. The molecule has 3 rings (SSSR count). The van der Waals surface area contributed by atoms with Crippen molar-refractivity contribution >= 4 is 11.6 Å². The Morgan fingerprint density at radius 2 is 1.74 bits per heavy atom. The Morgan fingerprint density at radius 3 is 2.48 bits per heavy atom. The van der Waals surface area contributed by atoms with Crippen LogP contribution in [0.1, 0.15) is 37.9 Å². The minimum atomic E-state index is -0.223. The van der Waals surface area contributed by atoms with E-state index in [0.29, 0.717) is 0 Å². The molecule has 1 N–H and O–H groups in total. The summed E-state index contributed by atoms with van der Waals surface area (Å²) in [5.41, 5.74) is 3.52. The van der Waals surface area contributed by atoms with Crippen LogP contribution in [0.15, 0.2) is 54.6 Å². The summed E-state index contributed by atoms with van der Waals surface area (Å²) in [4.78, 5) is 14.9. The summed E-state index contributed by atoms with van der Waals surface area (Å²) in [5, 5.41) is 3.43.